The minimum absolute atomic E-state index is 0.0432. The third kappa shape index (κ3) is 2.54. The Labute approximate surface area is 76.4 Å². The summed E-state index contributed by atoms with van der Waals surface area (Å²) in [7, 11) is 0. The number of hydrogen-bond acceptors (Lipinski definition) is 4. The van der Waals surface area contributed by atoms with Gasteiger partial charge in [0.15, 0.2) is 0 Å². The smallest absolute Gasteiger partial charge is 0.349 e. The zero-order valence-corrected chi connectivity index (χ0v) is 7.87. The van der Waals surface area contributed by atoms with Crippen molar-refractivity contribution in [3.63, 3.8) is 0 Å². The van der Waals surface area contributed by atoms with E-state index < -0.39 is 5.69 Å². The van der Waals surface area contributed by atoms with E-state index in [-0.39, 0.29) is 11.9 Å². The van der Waals surface area contributed by atoms with Crippen LogP contribution in [0, 0.1) is 0 Å². The van der Waals surface area contributed by atoms with Crippen molar-refractivity contribution in [2.75, 3.05) is 5.73 Å². The summed E-state index contributed by atoms with van der Waals surface area (Å²) < 4.78 is 0. The second-order valence-corrected chi connectivity index (χ2v) is 3.09. The van der Waals surface area contributed by atoms with Crippen LogP contribution in [0.4, 0.5) is 5.95 Å². The van der Waals surface area contributed by atoms with Gasteiger partial charge in [-0.2, -0.15) is 9.97 Å². The van der Waals surface area contributed by atoms with Crippen LogP contribution < -0.4 is 11.4 Å². The van der Waals surface area contributed by atoms with Crippen LogP contribution in [0.15, 0.2) is 4.79 Å². The Hall–Kier alpha value is -1.39. The van der Waals surface area contributed by atoms with E-state index in [0.717, 1.165) is 12.8 Å². The van der Waals surface area contributed by atoms with Crippen molar-refractivity contribution in [1.82, 2.24) is 15.0 Å². The Morgan fingerprint density at radius 1 is 1.54 bits per heavy atom. The van der Waals surface area contributed by atoms with Crippen LogP contribution in [0.5, 0.6) is 0 Å². The summed E-state index contributed by atoms with van der Waals surface area (Å²) in [5.74, 6) is 0.893. The minimum atomic E-state index is -0.426. The molecule has 0 saturated carbocycles. The number of aromatic amines is 1. The lowest BCUT2D eigenvalue weighted by molar-refractivity contribution is 0.619. The third-order valence-electron chi connectivity index (χ3n) is 1.87. The van der Waals surface area contributed by atoms with Crippen LogP contribution in [0.3, 0.4) is 0 Å². The lowest BCUT2D eigenvalue weighted by atomic mass is 10.1. The molecule has 1 atom stereocenters. The number of nitrogens with two attached hydrogens (primary N) is 1. The lowest BCUT2D eigenvalue weighted by Crippen LogP contribution is -2.18. The third-order valence-corrected chi connectivity index (χ3v) is 1.87. The highest BCUT2D eigenvalue weighted by molar-refractivity contribution is 5.13. The first-order chi connectivity index (χ1) is 6.13. The zero-order valence-electron chi connectivity index (χ0n) is 7.87. The van der Waals surface area contributed by atoms with E-state index >= 15 is 0 Å². The van der Waals surface area contributed by atoms with Gasteiger partial charge in [0, 0.05) is 5.92 Å². The highest BCUT2D eigenvalue weighted by Gasteiger charge is 2.08. The average Bonchev–Trinajstić information content (AvgIpc) is 2.03. The molecule has 0 bridgehead atoms. The molecule has 13 heavy (non-hydrogen) atoms. The standard InChI is InChI=1S/C8H14N4O/c1-3-4-5(2)6-10-7(9)12-8(13)11-6/h5H,3-4H2,1-2H3,(H3,9,10,11,12,13). The molecule has 5 heteroatoms. The van der Waals surface area contributed by atoms with Crippen LogP contribution in [-0.2, 0) is 0 Å². The summed E-state index contributed by atoms with van der Waals surface area (Å²) in [5.41, 5.74) is 4.93. The van der Waals surface area contributed by atoms with E-state index in [1.165, 1.54) is 0 Å². The van der Waals surface area contributed by atoms with Gasteiger partial charge in [0.05, 0.1) is 0 Å². The largest absolute Gasteiger partial charge is 0.368 e. The lowest BCUT2D eigenvalue weighted by Gasteiger charge is -2.07. The van der Waals surface area contributed by atoms with E-state index in [2.05, 4.69) is 21.9 Å². The highest BCUT2D eigenvalue weighted by Crippen LogP contribution is 2.14. The van der Waals surface area contributed by atoms with Gasteiger partial charge in [0.1, 0.15) is 5.82 Å². The van der Waals surface area contributed by atoms with E-state index in [1.54, 1.807) is 0 Å². The summed E-state index contributed by atoms with van der Waals surface area (Å²) in [5, 5.41) is 0. The number of anilines is 1. The van der Waals surface area contributed by atoms with Gasteiger partial charge in [-0.25, -0.2) is 4.79 Å². The molecule has 3 N–H and O–H groups in total. The molecule has 0 amide bonds. The van der Waals surface area contributed by atoms with Gasteiger partial charge < -0.3 is 5.73 Å². The van der Waals surface area contributed by atoms with E-state index in [9.17, 15) is 4.79 Å². The SMILES string of the molecule is CCCC(C)c1nc(N)nc(=O)[nH]1. The fourth-order valence-corrected chi connectivity index (χ4v) is 1.22. The van der Waals surface area contributed by atoms with Crippen LogP contribution in [0.25, 0.3) is 0 Å². The van der Waals surface area contributed by atoms with Crippen LogP contribution >= 0.6 is 0 Å². The van der Waals surface area contributed by atoms with Crippen LogP contribution in [0.2, 0.25) is 0 Å². The average molecular weight is 182 g/mol. The molecular weight excluding hydrogens is 168 g/mol. The van der Waals surface area contributed by atoms with E-state index in [4.69, 9.17) is 5.73 Å². The molecule has 1 heterocycles. The number of nitrogens with one attached hydrogen (secondary N) is 1. The van der Waals surface area contributed by atoms with Crippen molar-refractivity contribution in [3.05, 3.63) is 16.3 Å². The van der Waals surface area contributed by atoms with Crippen molar-refractivity contribution in [2.24, 2.45) is 0 Å². The topological polar surface area (TPSA) is 84.7 Å². The van der Waals surface area contributed by atoms with Gasteiger partial charge in [-0.15, -0.1) is 0 Å². The molecule has 0 saturated heterocycles. The molecule has 1 rings (SSSR count). The summed E-state index contributed by atoms with van der Waals surface area (Å²) in [6.07, 6.45) is 2.03. The molecule has 72 valence electrons. The summed E-state index contributed by atoms with van der Waals surface area (Å²) in [6.45, 7) is 4.08. The molecule has 1 aromatic rings. The monoisotopic (exact) mass is 182 g/mol. The van der Waals surface area contributed by atoms with Crippen molar-refractivity contribution >= 4 is 5.95 Å². The maximum atomic E-state index is 10.9. The number of hydrogen-bond donors (Lipinski definition) is 2. The van der Waals surface area contributed by atoms with Crippen molar-refractivity contribution in [1.29, 1.82) is 0 Å². The van der Waals surface area contributed by atoms with E-state index in [1.807, 2.05) is 6.92 Å². The van der Waals surface area contributed by atoms with Gasteiger partial charge in [0.2, 0.25) is 5.95 Å². The van der Waals surface area contributed by atoms with Gasteiger partial charge in [-0.1, -0.05) is 20.3 Å². The normalized spacial score (nSPS) is 12.8. The van der Waals surface area contributed by atoms with Crippen LogP contribution in [0.1, 0.15) is 38.4 Å². The number of nitrogens with zero attached hydrogens (tertiary/aromatic N) is 2. The van der Waals surface area contributed by atoms with E-state index in [0.29, 0.717) is 5.82 Å². The first-order valence-corrected chi connectivity index (χ1v) is 4.37. The van der Waals surface area contributed by atoms with Gasteiger partial charge in [-0.05, 0) is 6.42 Å². The predicted octanol–water partition coefficient (Wildman–Crippen LogP) is 0.651. The number of H-pyrrole nitrogens is 1. The number of aromatic nitrogens is 3. The summed E-state index contributed by atoms with van der Waals surface area (Å²) >= 11 is 0. The molecule has 0 spiro atoms. The number of nitrogen functional groups attached to an aromatic ring is 1. The fraction of sp³-hybridized carbons (Fsp3) is 0.625. The Kier molecular flexibility index (Phi) is 3.00. The molecule has 0 aliphatic rings. The van der Waals surface area contributed by atoms with Crippen molar-refractivity contribution < 1.29 is 0 Å². The zero-order chi connectivity index (χ0) is 9.84. The first-order valence-electron chi connectivity index (χ1n) is 4.37. The predicted molar refractivity (Wildman–Crippen MR) is 50.4 cm³/mol. The molecule has 0 aliphatic heterocycles. The molecule has 5 nitrogen and oxygen atoms in total. The molecule has 1 unspecified atom stereocenters. The van der Waals surface area contributed by atoms with Crippen LogP contribution in [-0.4, -0.2) is 15.0 Å². The fourth-order valence-electron chi connectivity index (χ4n) is 1.22. The maximum Gasteiger partial charge on any atom is 0.349 e. The molecule has 1 aromatic heterocycles. The molecular formula is C8H14N4O. The Morgan fingerprint density at radius 3 is 2.77 bits per heavy atom. The minimum Gasteiger partial charge on any atom is -0.368 e. The second-order valence-electron chi connectivity index (χ2n) is 3.09. The Bertz CT molecular complexity index is 333. The second kappa shape index (κ2) is 4.02. The highest BCUT2D eigenvalue weighted by atomic mass is 16.1. The van der Waals surface area contributed by atoms with Crippen molar-refractivity contribution in [2.45, 2.75) is 32.6 Å². The van der Waals surface area contributed by atoms with Gasteiger partial charge in [0.25, 0.3) is 0 Å². The Balaban J connectivity index is 2.94. The summed E-state index contributed by atoms with van der Waals surface area (Å²) in [4.78, 5) is 20.9. The number of rotatable bonds is 3. The van der Waals surface area contributed by atoms with Crippen molar-refractivity contribution in [3.8, 4) is 0 Å². The first kappa shape index (κ1) is 9.70. The molecule has 0 fully saturated rings. The Morgan fingerprint density at radius 2 is 2.23 bits per heavy atom. The van der Waals surface area contributed by atoms with Gasteiger partial charge >= 0.3 is 5.69 Å². The molecule has 0 aliphatic carbocycles. The summed E-state index contributed by atoms with van der Waals surface area (Å²) in [6, 6.07) is 0. The van der Waals surface area contributed by atoms with Gasteiger partial charge in [-0.3, -0.25) is 4.98 Å². The quantitative estimate of drug-likeness (QED) is 0.718. The molecule has 0 radical (unpaired) electrons. The molecule has 0 aromatic carbocycles. The maximum absolute atomic E-state index is 10.9.